The van der Waals surface area contributed by atoms with Gasteiger partial charge in [0, 0.05) is 36.3 Å². The molecule has 2 fully saturated rings. The van der Waals surface area contributed by atoms with Crippen LogP contribution in [-0.2, 0) is 4.79 Å². The highest BCUT2D eigenvalue weighted by molar-refractivity contribution is 6.30. The number of aliphatic carboxylic acids is 1. The maximum Gasteiger partial charge on any atom is 0.429 e. The summed E-state index contributed by atoms with van der Waals surface area (Å²) in [4.78, 5) is 21.5. The number of nitrogens with two attached hydrogens (primary N) is 1. The van der Waals surface area contributed by atoms with Gasteiger partial charge in [0.15, 0.2) is 0 Å². The van der Waals surface area contributed by atoms with Crippen LogP contribution in [0.15, 0.2) is 42.5 Å². The van der Waals surface area contributed by atoms with Gasteiger partial charge >= 0.3 is 12.1 Å². The first-order chi connectivity index (χ1) is 19.3. The maximum absolute atomic E-state index is 14.6. The maximum atomic E-state index is 14.6. The van der Waals surface area contributed by atoms with Gasteiger partial charge in [-0.2, -0.15) is 23.1 Å². The van der Waals surface area contributed by atoms with Crippen LogP contribution >= 0.6 is 11.6 Å². The monoisotopic (exact) mass is 589 g/mol. The summed E-state index contributed by atoms with van der Waals surface area (Å²) in [6.07, 6.45) is -5.18. The lowest BCUT2D eigenvalue weighted by Crippen LogP contribution is -2.41. The van der Waals surface area contributed by atoms with E-state index in [9.17, 15) is 23.1 Å². The average Bonchev–Trinajstić information content (AvgIpc) is 3.32. The van der Waals surface area contributed by atoms with E-state index in [2.05, 4.69) is 15.3 Å². The summed E-state index contributed by atoms with van der Waals surface area (Å²) in [6.45, 7) is 5.51. The Morgan fingerprint density at radius 2 is 1.88 bits per heavy atom. The van der Waals surface area contributed by atoms with E-state index in [1.54, 1.807) is 6.07 Å². The van der Waals surface area contributed by atoms with E-state index < -0.39 is 24.3 Å². The Hall–Kier alpha value is -3.57. The highest BCUT2D eigenvalue weighted by atomic mass is 35.5. The van der Waals surface area contributed by atoms with Crippen molar-refractivity contribution in [1.82, 2.24) is 15.3 Å². The molecule has 3 heterocycles. The Balaban J connectivity index is 1.42. The predicted molar refractivity (Wildman–Crippen MR) is 150 cm³/mol. The van der Waals surface area contributed by atoms with Crippen LogP contribution in [0.25, 0.3) is 11.1 Å². The van der Waals surface area contributed by atoms with E-state index in [1.807, 2.05) is 30.9 Å². The molecular weight excluding hydrogens is 559 g/mol. The zero-order valence-electron chi connectivity index (χ0n) is 22.6. The first kappa shape index (κ1) is 28.9. The number of halogens is 4. The molecule has 218 valence electrons. The summed E-state index contributed by atoms with van der Waals surface area (Å²) < 4.78 is 49.2. The highest BCUT2D eigenvalue weighted by Crippen LogP contribution is 2.43. The number of aromatic nitrogens is 2. The summed E-state index contributed by atoms with van der Waals surface area (Å²) in [5.41, 5.74) is 8.51. The van der Waals surface area contributed by atoms with E-state index in [1.165, 1.54) is 24.3 Å². The second kappa shape index (κ2) is 11.0. The van der Waals surface area contributed by atoms with Crippen molar-refractivity contribution in [2.45, 2.75) is 51.4 Å². The van der Waals surface area contributed by atoms with Crippen LogP contribution in [0.1, 0.15) is 42.1 Å². The molecule has 0 radical (unpaired) electrons. The van der Waals surface area contributed by atoms with Gasteiger partial charge in [0.2, 0.25) is 17.9 Å². The number of ether oxygens (including phenoxy) is 1. The minimum atomic E-state index is -4.78. The molecule has 1 aromatic heterocycles. The van der Waals surface area contributed by atoms with Crippen LogP contribution < -0.4 is 20.7 Å². The molecular formula is C29H31ClF3N5O3. The van der Waals surface area contributed by atoms with Gasteiger partial charge in [0.25, 0.3) is 0 Å². The Bertz CT molecular complexity index is 1460. The van der Waals surface area contributed by atoms with Gasteiger partial charge in [-0.05, 0) is 72.9 Å². The van der Waals surface area contributed by atoms with Crippen molar-refractivity contribution in [1.29, 1.82) is 0 Å². The summed E-state index contributed by atoms with van der Waals surface area (Å²) in [7, 11) is 0. The fourth-order valence-corrected chi connectivity index (χ4v) is 5.85. The van der Waals surface area contributed by atoms with Crippen molar-refractivity contribution in [2.75, 3.05) is 30.3 Å². The first-order valence-electron chi connectivity index (χ1n) is 13.3. The SMILES string of the molecule is Cc1ccc(-c2cc(Cl)ccc2[C@@H](Oc2cc(N3CCC4(CC3)CN[C@H](C(=O)O)C4)nc(N)n2)C(F)(F)F)cc1C. The molecule has 2 aromatic carbocycles. The number of carboxylic acid groups (broad SMARTS) is 1. The molecule has 8 nitrogen and oxygen atoms in total. The van der Waals surface area contributed by atoms with Crippen LogP contribution in [0, 0.1) is 19.3 Å². The number of carboxylic acids is 1. The quantitative estimate of drug-likeness (QED) is 0.335. The largest absolute Gasteiger partial charge is 0.480 e. The number of nitrogen functional groups attached to an aromatic ring is 1. The standard InChI is InChI=1S/C29H31ClF3N5O3/c1-16-3-4-18(11-17(16)2)21-12-19(30)5-6-20(21)25(29(31,32)33)41-24-13-23(36-27(34)37-24)38-9-7-28(8-10-38)14-22(26(39)40)35-15-28/h3-6,11-13,22,25,35H,7-10,14-15H2,1-2H3,(H,39,40)(H2,34,36,37)/t22-,25+/m0/s1. The molecule has 4 N–H and O–H groups in total. The zero-order valence-corrected chi connectivity index (χ0v) is 23.4. The van der Waals surface area contributed by atoms with Crippen LogP contribution in [-0.4, -0.2) is 52.9 Å². The van der Waals surface area contributed by atoms with Crippen molar-refractivity contribution in [2.24, 2.45) is 5.41 Å². The minimum absolute atomic E-state index is 0.106. The van der Waals surface area contributed by atoms with E-state index in [-0.39, 0.29) is 22.8 Å². The number of nitrogens with one attached hydrogen (secondary N) is 1. The second-order valence-electron chi connectivity index (χ2n) is 11.0. The van der Waals surface area contributed by atoms with Crippen molar-refractivity contribution < 1.29 is 27.8 Å². The number of anilines is 2. The fourth-order valence-electron chi connectivity index (χ4n) is 5.68. The van der Waals surface area contributed by atoms with Gasteiger partial charge < -0.3 is 25.8 Å². The molecule has 0 aliphatic carbocycles. The summed E-state index contributed by atoms with van der Waals surface area (Å²) >= 11 is 6.22. The Morgan fingerprint density at radius 3 is 2.51 bits per heavy atom. The number of alkyl halides is 3. The van der Waals surface area contributed by atoms with E-state index in [0.29, 0.717) is 60.9 Å². The molecule has 5 rings (SSSR count). The molecule has 41 heavy (non-hydrogen) atoms. The molecule has 2 aliphatic heterocycles. The first-order valence-corrected chi connectivity index (χ1v) is 13.7. The Labute approximate surface area is 240 Å². The van der Waals surface area contributed by atoms with Gasteiger partial charge in [-0.3, -0.25) is 4.79 Å². The van der Waals surface area contributed by atoms with E-state index in [4.69, 9.17) is 22.1 Å². The molecule has 2 atom stereocenters. The topological polar surface area (TPSA) is 114 Å². The van der Waals surface area contributed by atoms with Gasteiger partial charge in [0.05, 0.1) is 0 Å². The number of benzene rings is 2. The third-order valence-corrected chi connectivity index (χ3v) is 8.40. The van der Waals surface area contributed by atoms with Crippen LogP contribution in [0.4, 0.5) is 24.9 Å². The number of nitrogens with zero attached hydrogens (tertiary/aromatic N) is 3. The lowest BCUT2D eigenvalue weighted by Gasteiger charge is -2.39. The highest BCUT2D eigenvalue weighted by Gasteiger charge is 2.46. The molecule has 2 aliphatic rings. The van der Waals surface area contributed by atoms with Crippen molar-refractivity contribution in [3.63, 3.8) is 0 Å². The Kier molecular flexibility index (Phi) is 7.78. The van der Waals surface area contributed by atoms with Crippen molar-refractivity contribution in [3.8, 4) is 17.0 Å². The minimum Gasteiger partial charge on any atom is -0.480 e. The van der Waals surface area contributed by atoms with Crippen LogP contribution in [0.2, 0.25) is 5.02 Å². The van der Waals surface area contributed by atoms with Crippen molar-refractivity contribution in [3.05, 3.63) is 64.2 Å². The molecule has 2 saturated heterocycles. The van der Waals surface area contributed by atoms with Gasteiger partial charge in [-0.25, -0.2) is 0 Å². The molecule has 0 amide bonds. The molecule has 12 heteroatoms. The fraction of sp³-hybridized carbons (Fsp3) is 0.414. The third kappa shape index (κ3) is 6.20. The predicted octanol–water partition coefficient (Wildman–Crippen LogP) is 5.71. The van der Waals surface area contributed by atoms with Crippen LogP contribution in [0.5, 0.6) is 5.88 Å². The van der Waals surface area contributed by atoms with Gasteiger partial charge in [-0.1, -0.05) is 35.9 Å². The van der Waals surface area contributed by atoms with Crippen molar-refractivity contribution >= 4 is 29.3 Å². The lowest BCUT2D eigenvalue weighted by atomic mass is 9.76. The average molecular weight is 590 g/mol. The van der Waals surface area contributed by atoms with Gasteiger partial charge in [-0.15, -0.1) is 0 Å². The van der Waals surface area contributed by atoms with E-state index in [0.717, 1.165) is 11.1 Å². The number of carbonyl (C=O) groups is 1. The zero-order chi connectivity index (χ0) is 29.5. The summed E-state index contributed by atoms with van der Waals surface area (Å²) in [5.74, 6) is -1.02. The summed E-state index contributed by atoms with van der Waals surface area (Å²) in [6, 6.07) is 10.4. The normalized spacial score (nSPS) is 19.4. The van der Waals surface area contributed by atoms with Crippen LogP contribution in [0.3, 0.4) is 0 Å². The third-order valence-electron chi connectivity index (χ3n) is 8.16. The number of aryl methyl sites for hydroxylation is 2. The number of piperidine rings is 1. The second-order valence-corrected chi connectivity index (χ2v) is 11.4. The number of hydrogen-bond acceptors (Lipinski definition) is 7. The molecule has 1 spiro atoms. The number of hydrogen-bond donors (Lipinski definition) is 3. The number of rotatable bonds is 6. The van der Waals surface area contributed by atoms with E-state index >= 15 is 0 Å². The van der Waals surface area contributed by atoms with Gasteiger partial charge in [0.1, 0.15) is 11.9 Å². The molecule has 0 bridgehead atoms. The molecule has 3 aromatic rings. The molecule has 0 unspecified atom stereocenters. The summed E-state index contributed by atoms with van der Waals surface area (Å²) in [5, 5.41) is 12.7. The Morgan fingerprint density at radius 1 is 1.15 bits per heavy atom. The molecule has 0 saturated carbocycles. The lowest BCUT2D eigenvalue weighted by molar-refractivity contribution is -0.198. The smallest absolute Gasteiger partial charge is 0.429 e.